The lowest BCUT2D eigenvalue weighted by Gasteiger charge is -2.58. The quantitative estimate of drug-likeness (QED) is 0.561. The van der Waals surface area contributed by atoms with E-state index < -0.39 is 0 Å². The summed E-state index contributed by atoms with van der Waals surface area (Å²) in [6.45, 7) is 2.25. The number of hydrogen-bond donors (Lipinski definition) is 1. The highest BCUT2D eigenvalue weighted by atomic mass is 16.2. The van der Waals surface area contributed by atoms with Gasteiger partial charge in [-0.15, -0.1) is 0 Å². The van der Waals surface area contributed by atoms with Crippen molar-refractivity contribution in [2.45, 2.75) is 44.2 Å². The smallest absolute Gasteiger partial charge is 0.242 e. The lowest BCUT2D eigenvalue weighted by atomic mass is 9.66. The van der Waals surface area contributed by atoms with Gasteiger partial charge in [0.2, 0.25) is 5.91 Å². The number of β-lactam (4-membered cyclic amide) rings is 1. The van der Waals surface area contributed by atoms with Crippen LogP contribution in [0.15, 0.2) is 0 Å². The number of nitrogens with zero attached hydrogens (tertiary/aromatic N) is 1. The predicted molar refractivity (Wildman–Crippen MR) is 51.1 cm³/mol. The molecule has 0 unspecified atom stereocenters. The van der Waals surface area contributed by atoms with Gasteiger partial charge in [0.15, 0.2) is 0 Å². The number of carbonyl (C=O) groups is 1. The van der Waals surface area contributed by atoms with Gasteiger partial charge in [-0.1, -0.05) is 19.8 Å². The van der Waals surface area contributed by atoms with Crippen LogP contribution in [0, 0.1) is 5.92 Å². The van der Waals surface area contributed by atoms with Crippen molar-refractivity contribution in [3.8, 4) is 0 Å². The molecule has 1 heterocycles. The van der Waals surface area contributed by atoms with Gasteiger partial charge in [-0.3, -0.25) is 4.79 Å². The highest BCUT2D eigenvalue weighted by Gasteiger charge is 2.57. The van der Waals surface area contributed by atoms with Crippen molar-refractivity contribution in [1.29, 1.82) is 0 Å². The first-order valence-corrected chi connectivity index (χ1v) is 5.11. The Kier molecular flexibility index (Phi) is 1.88. The van der Waals surface area contributed by atoms with Gasteiger partial charge < -0.3 is 10.6 Å². The molecule has 0 aromatic carbocycles. The molecule has 0 bridgehead atoms. The summed E-state index contributed by atoms with van der Waals surface area (Å²) < 4.78 is 0. The summed E-state index contributed by atoms with van der Waals surface area (Å²) in [7, 11) is 1.89. The molecular formula is C10H18N2O. The van der Waals surface area contributed by atoms with E-state index in [0.717, 1.165) is 18.8 Å². The molecule has 0 aromatic rings. The fraction of sp³-hybridized carbons (Fsp3) is 0.900. The highest BCUT2D eigenvalue weighted by Crippen LogP contribution is 2.43. The van der Waals surface area contributed by atoms with E-state index in [0.29, 0.717) is 0 Å². The molecule has 2 rings (SSSR count). The summed E-state index contributed by atoms with van der Waals surface area (Å²) in [6, 6.07) is -0.222. The second-order valence-corrected chi connectivity index (χ2v) is 4.68. The molecule has 1 amide bonds. The Hall–Kier alpha value is -0.570. The van der Waals surface area contributed by atoms with Crippen LogP contribution in [0.5, 0.6) is 0 Å². The summed E-state index contributed by atoms with van der Waals surface area (Å²) in [4.78, 5) is 13.2. The molecule has 1 saturated heterocycles. The zero-order valence-corrected chi connectivity index (χ0v) is 8.42. The molecular weight excluding hydrogens is 164 g/mol. The van der Waals surface area contributed by atoms with Crippen molar-refractivity contribution in [2.75, 3.05) is 7.05 Å². The van der Waals surface area contributed by atoms with Gasteiger partial charge >= 0.3 is 0 Å². The van der Waals surface area contributed by atoms with Crippen molar-refractivity contribution in [1.82, 2.24) is 4.90 Å². The fourth-order valence-corrected chi connectivity index (χ4v) is 2.95. The Balaban J connectivity index is 2.16. The first-order valence-electron chi connectivity index (χ1n) is 5.11. The molecule has 0 radical (unpaired) electrons. The van der Waals surface area contributed by atoms with Gasteiger partial charge in [0, 0.05) is 7.05 Å². The minimum atomic E-state index is -0.222. The summed E-state index contributed by atoms with van der Waals surface area (Å²) in [6.07, 6.45) is 4.69. The maximum Gasteiger partial charge on any atom is 0.242 e. The number of nitrogens with two attached hydrogens (primary N) is 1. The van der Waals surface area contributed by atoms with E-state index in [1.165, 1.54) is 12.8 Å². The Morgan fingerprint density at radius 3 is 2.85 bits per heavy atom. The van der Waals surface area contributed by atoms with Crippen molar-refractivity contribution in [2.24, 2.45) is 11.7 Å². The topological polar surface area (TPSA) is 46.3 Å². The van der Waals surface area contributed by atoms with E-state index >= 15 is 0 Å². The number of amides is 1. The van der Waals surface area contributed by atoms with Crippen LogP contribution in [0.3, 0.4) is 0 Å². The van der Waals surface area contributed by atoms with Gasteiger partial charge in [-0.25, -0.2) is 0 Å². The number of hydrogen-bond acceptors (Lipinski definition) is 2. The van der Waals surface area contributed by atoms with Crippen molar-refractivity contribution < 1.29 is 4.79 Å². The first-order chi connectivity index (χ1) is 6.08. The lowest BCUT2D eigenvalue weighted by Crippen LogP contribution is -2.77. The molecule has 13 heavy (non-hydrogen) atoms. The summed E-state index contributed by atoms with van der Waals surface area (Å²) in [5.41, 5.74) is 5.92. The largest absolute Gasteiger partial charge is 0.337 e. The summed E-state index contributed by atoms with van der Waals surface area (Å²) in [5.74, 6) is 0.837. The molecule has 2 aliphatic rings. The van der Waals surface area contributed by atoms with Crippen LogP contribution in [0.25, 0.3) is 0 Å². The highest BCUT2D eigenvalue weighted by molar-refractivity contribution is 5.90. The molecule has 1 saturated carbocycles. The average molecular weight is 182 g/mol. The van der Waals surface area contributed by atoms with E-state index in [4.69, 9.17) is 5.73 Å². The van der Waals surface area contributed by atoms with Crippen LogP contribution < -0.4 is 5.73 Å². The number of carbonyl (C=O) groups excluding carboxylic acids is 1. The van der Waals surface area contributed by atoms with E-state index in [-0.39, 0.29) is 17.5 Å². The van der Waals surface area contributed by atoms with Crippen LogP contribution in [0.2, 0.25) is 0 Å². The van der Waals surface area contributed by atoms with Gasteiger partial charge in [-0.05, 0) is 18.8 Å². The predicted octanol–water partition coefficient (Wildman–Crippen LogP) is 0.735. The van der Waals surface area contributed by atoms with Gasteiger partial charge in [0.1, 0.15) is 6.04 Å². The Morgan fingerprint density at radius 2 is 2.31 bits per heavy atom. The number of rotatable bonds is 0. The molecule has 0 aromatic heterocycles. The third-order valence-corrected chi connectivity index (χ3v) is 3.85. The molecule has 3 heteroatoms. The minimum Gasteiger partial charge on any atom is -0.337 e. The Bertz CT molecular complexity index is 227. The summed E-state index contributed by atoms with van der Waals surface area (Å²) in [5, 5.41) is 0. The third kappa shape index (κ3) is 1.03. The normalized spacial score (nSPS) is 45.2. The van der Waals surface area contributed by atoms with Crippen molar-refractivity contribution in [3.63, 3.8) is 0 Å². The second kappa shape index (κ2) is 2.71. The zero-order valence-electron chi connectivity index (χ0n) is 8.42. The van der Waals surface area contributed by atoms with Crippen LogP contribution in [0.4, 0.5) is 0 Å². The maximum absolute atomic E-state index is 11.3. The third-order valence-electron chi connectivity index (χ3n) is 3.85. The van der Waals surface area contributed by atoms with Crippen molar-refractivity contribution in [3.05, 3.63) is 0 Å². The maximum atomic E-state index is 11.3. The molecule has 3 atom stereocenters. The Morgan fingerprint density at radius 1 is 1.62 bits per heavy atom. The SMILES string of the molecule is C[C@@H]1CCC[C@@]2(C1)[C@H](N)C(=O)N2C. The Labute approximate surface area is 79.3 Å². The monoisotopic (exact) mass is 182 g/mol. The van der Waals surface area contributed by atoms with Crippen LogP contribution in [-0.4, -0.2) is 29.4 Å². The van der Waals surface area contributed by atoms with Gasteiger partial charge in [-0.2, -0.15) is 0 Å². The van der Waals surface area contributed by atoms with E-state index in [9.17, 15) is 4.79 Å². The summed E-state index contributed by atoms with van der Waals surface area (Å²) >= 11 is 0. The fourth-order valence-electron chi connectivity index (χ4n) is 2.95. The molecule has 3 nitrogen and oxygen atoms in total. The van der Waals surface area contributed by atoms with E-state index in [1.54, 1.807) is 0 Å². The van der Waals surface area contributed by atoms with E-state index in [2.05, 4.69) is 6.92 Å². The molecule has 2 N–H and O–H groups in total. The number of likely N-dealkylation sites (N-methyl/N-ethyl adjacent to an activating group) is 1. The van der Waals surface area contributed by atoms with Crippen LogP contribution >= 0.6 is 0 Å². The first kappa shape index (κ1) is 9.00. The second-order valence-electron chi connectivity index (χ2n) is 4.68. The molecule has 1 aliphatic carbocycles. The molecule has 2 fully saturated rings. The van der Waals surface area contributed by atoms with Gasteiger partial charge in [0.25, 0.3) is 0 Å². The minimum absolute atomic E-state index is 0.0226. The molecule has 1 spiro atoms. The molecule has 74 valence electrons. The van der Waals surface area contributed by atoms with Crippen molar-refractivity contribution >= 4 is 5.91 Å². The zero-order chi connectivity index (χ0) is 9.64. The number of likely N-dealkylation sites (tertiary alicyclic amines) is 1. The van der Waals surface area contributed by atoms with E-state index in [1.807, 2.05) is 11.9 Å². The molecule has 1 aliphatic heterocycles. The van der Waals surface area contributed by atoms with Crippen LogP contribution in [-0.2, 0) is 4.79 Å². The average Bonchev–Trinajstić information content (AvgIpc) is 2.15. The van der Waals surface area contributed by atoms with Gasteiger partial charge in [0.05, 0.1) is 5.54 Å². The standard InChI is InChI=1S/C10H18N2O/c1-7-4-3-5-10(6-7)8(11)9(13)12(10)2/h7-8H,3-6,11H2,1-2H3/t7-,8-,10-/m1/s1. The van der Waals surface area contributed by atoms with Crippen LogP contribution in [0.1, 0.15) is 32.6 Å². The lowest BCUT2D eigenvalue weighted by molar-refractivity contribution is -0.162.